The van der Waals surface area contributed by atoms with Crippen LogP contribution in [0.5, 0.6) is 0 Å². The van der Waals surface area contributed by atoms with Gasteiger partial charge in [-0.1, -0.05) is 35.3 Å². The van der Waals surface area contributed by atoms with Gasteiger partial charge < -0.3 is 4.90 Å². The molecule has 0 fully saturated rings. The van der Waals surface area contributed by atoms with Gasteiger partial charge in [0.15, 0.2) is 5.82 Å². The summed E-state index contributed by atoms with van der Waals surface area (Å²) in [6.07, 6.45) is 1.51. The molecular weight excluding hydrogens is 285 g/mol. The van der Waals surface area contributed by atoms with Crippen molar-refractivity contribution in [1.82, 2.24) is 9.97 Å². The maximum absolute atomic E-state index is 6.08. The first-order valence-corrected chi connectivity index (χ1v) is 6.30. The van der Waals surface area contributed by atoms with Crippen LogP contribution in [0, 0.1) is 0 Å². The standard InChI is InChI=1S/C12H13Cl2N5/c1-19(7-8-3-2-4-9(13)5-8)11-10(14)6-16-12(17-11)18-15/h2-6H,7,15H2,1H3,(H,16,17,18). The van der Waals surface area contributed by atoms with Gasteiger partial charge in [-0.05, 0) is 17.7 Å². The first-order valence-electron chi connectivity index (χ1n) is 5.55. The Morgan fingerprint density at radius 3 is 2.84 bits per heavy atom. The summed E-state index contributed by atoms with van der Waals surface area (Å²) >= 11 is 12.0. The Hall–Kier alpha value is -1.56. The topological polar surface area (TPSA) is 67.1 Å². The predicted octanol–water partition coefficient (Wildman–Crippen LogP) is 2.71. The summed E-state index contributed by atoms with van der Waals surface area (Å²) < 4.78 is 0. The summed E-state index contributed by atoms with van der Waals surface area (Å²) in [4.78, 5) is 10.1. The van der Waals surface area contributed by atoms with Crippen LogP contribution in [-0.2, 0) is 6.54 Å². The fourth-order valence-corrected chi connectivity index (χ4v) is 2.13. The van der Waals surface area contributed by atoms with Crippen LogP contribution in [0.4, 0.5) is 11.8 Å². The fraction of sp³-hybridized carbons (Fsp3) is 0.167. The zero-order valence-electron chi connectivity index (χ0n) is 10.3. The number of nitrogens with zero attached hydrogens (tertiary/aromatic N) is 3. The molecule has 100 valence electrons. The van der Waals surface area contributed by atoms with E-state index in [9.17, 15) is 0 Å². The van der Waals surface area contributed by atoms with E-state index in [4.69, 9.17) is 29.0 Å². The molecule has 7 heteroatoms. The fourth-order valence-electron chi connectivity index (χ4n) is 1.68. The number of hydrazine groups is 1. The SMILES string of the molecule is CN(Cc1cccc(Cl)c1)c1nc(NN)ncc1Cl. The lowest BCUT2D eigenvalue weighted by Gasteiger charge is -2.19. The highest BCUT2D eigenvalue weighted by Gasteiger charge is 2.10. The molecule has 1 aromatic heterocycles. The molecule has 19 heavy (non-hydrogen) atoms. The van der Waals surface area contributed by atoms with Gasteiger partial charge in [0.1, 0.15) is 5.02 Å². The smallest absolute Gasteiger partial charge is 0.239 e. The molecule has 5 nitrogen and oxygen atoms in total. The van der Waals surface area contributed by atoms with Crippen LogP contribution < -0.4 is 16.2 Å². The van der Waals surface area contributed by atoms with E-state index in [0.717, 1.165) is 5.56 Å². The lowest BCUT2D eigenvalue weighted by Crippen LogP contribution is -2.20. The van der Waals surface area contributed by atoms with E-state index >= 15 is 0 Å². The lowest BCUT2D eigenvalue weighted by atomic mass is 10.2. The number of nitrogens with two attached hydrogens (primary N) is 1. The van der Waals surface area contributed by atoms with Gasteiger partial charge in [-0.15, -0.1) is 0 Å². The Bertz CT molecular complexity index is 576. The number of aromatic nitrogens is 2. The zero-order chi connectivity index (χ0) is 13.8. The van der Waals surface area contributed by atoms with Gasteiger partial charge in [-0.3, -0.25) is 5.43 Å². The van der Waals surface area contributed by atoms with E-state index in [0.29, 0.717) is 28.4 Å². The lowest BCUT2D eigenvalue weighted by molar-refractivity contribution is 0.891. The summed E-state index contributed by atoms with van der Waals surface area (Å²) in [5.74, 6) is 6.21. The minimum Gasteiger partial charge on any atom is -0.354 e. The van der Waals surface area contributed by atoms with Gasteiger partial charge in [0, 0.05) is 18.6 Å². The third-order valence-electron chi connectivity index (χ3n) is 2.53. The van der Waals surface area contributed by atoms with Crippen molar-refractivity contribution in [1.29, 1.82) is 0 Å². The molecule has 0 aliphatic heterocycles. The van der Waals surface area contributed by atoms with E-state index in [1.807, 2.05) is 36.2 Å². The average Bonchev–Trinajstić information content (AvgIpc) is 2.39. The largest absolute Gasteiger partial charge is 0.354 e. The normalized spacial score (nSPS) is 10.3. The van der Waals surface area contributed by atoms with Crippen molar-refractivity contribution in [3.63, 3.8) is 0 Å². The van der Waals surface area contributed by atoms with E-state index in [-0.39, 0.29) is 0 Å². The van der Waals surface area contributed by atoms with Crippen molar-refractivity contribution in [3.8, 4) is 0 Å². The van der Waals surface area contributed by atoms with Crippen molar-refractivity contribution in [2.75, 3.05) is 17.4 Å². The average molecular weight is 298 g/mol. The van der Waals surface area contributed by atoms with Gasteiger partial charge in [-0.25, -0.2) is 10.8 Å². The Morgan fingerprint density at radius 1 is 1.37 bits per heavy atom. The highest BCUT2D eigenvalue weighted by atomic mass is 35.5. The highest BCUT2D eigenvalue weighted by molar-refractivity contribution is 6.32. The second-order valence-corrected chi connectivity index (χ2v) is 4.84. The van der Waals surface area contributed by atoms with Crippen LogP contribution in [0.2, 0.25) is 10.0 Å². The predicted molar refractivity (Wildman–Crippen MR) is 78.4 cm³/mol. The molecule has 0 atom stereocenters. The zero-order valence-corrected chi connectivity index (χ0v) is 11.8. The van der Waals surface area contributed by atoms with Gasteiger partial charge in [0.05, 0.1) is 6.20 Å². The van der Waals surface area contributed by atoms with Gasteiger partial charge >= 0.3 is 0 Å². The molecule has 0 saturated heterocycles. The summed E-state index contributed by atoms with van der Waals surface area (Å²) in [5, 5.41) is 1.16. The van der Waals surface area contributed by atoms with Crippen molar-refractivity contribution < 1.29 is 0 Å². The monoisotopic (exact) mass is 297 g/mol. The molecule has 2 aromatic rings. The van der Waals surface area contributed by atoms with Crippen LogP contribution in [0.3, 0.4) is 0 Å². The van der Waals surface area contributed by atoms with Crippen LogP contribution in [0.1, 0.15) is 5.56 Å². The number of rotatable bonds is 4. The third-order valence-corrected chi connectivity index (χ3v) is 3.03. The van der Waals surface area contributed by atoms with Crippen molar-refractivity contribution in [2.24, 2.45) is 5.84 Å². The Balaban J connectivity index is 2.22. The number of nitrogen functional groups attached to an aromatic ring is 1. The summed E-state index contributed by atoms with van der Waals surface area (Å²) in [6, 6.07) is 7.62. The number of anilines is 2. The number of halogens is 2. The molecule has 0 aliphatic rings. The molecule has 1 aromatic carbocycles. The molecule has 1 heterocycles. The van der Waals surface area contributed by atoms with Gasteiger partial charge in [-0.2, -0.15) is 4.98 Å². The molecule has 0 amide bonds. The molecular formula is C12H13Cl2N5. The molecule has 0 bridgehead atoms. The second-order valence-electron chi connectivity index (χ2n) is 4.00. The van der Waals surface area contributed by atoms with E-state index < -0.39 is 0 Å². The van der Waals surface area contributed by atoms with E-state index in [2.05, 4.69) is 15.4 Å². The maximum Gasteiger partial charge on any atom is 0.239 e. The Kier molecular flexibility index (Phi) is 4.42. The molecule has 2 rings (SSSR count). The number of hydrogen-bond donors (Lipinski definition) is 2. The molecule has 0 saturated carbocycles. The molecule has 0 unspecified atom stereocenters. The summed E-state index contributed by atoms with van der Waals surface area (Å²) in [7, 11) is 1.88. The first-order chi connectivity index (χ1) is 9.10. The molecule has 0 radical (unpaired) electrons. The van der Waals surface area contributed by atoms with Crippen molar-refractivity contribution >= 4 is 35.0 Å². The Labute approximate surface area is 121 Å². The summed E-state index contributed by atoms with van der Waals surface area (Å²) in [6.45, 7) is 0.626. The molecule has 0 spiro atoms. The molecule has 0 aliphatic carbocycles. The molecule has 3 N–H and O–H groups in total. The van der Waals surface area contributed by atoms with Crippen molar-refractivity contribution in [3.05, 3.63) is 46.1 Å². The number of hydrogen-bond acceptors (Lipinski definition) is 5. The van der Waals surface area contributed by atoms with Crippen LogP contribution in [0.25, 0.3) is 0 Å². The maximum atomic E-state index is 6.08. The minimum atomic E-state index is 0.317. The van der Waals surface area contributed by atoms with Gasteiger partial charge in [0.25, 0.3) is 0 Å². The van der Waals surface area contributed by atoms with Crippen LogP contribution >= 0.6 is 23.2 Å². The summed E-state index contributed by atoms with van der Waals surface area (Å²) in [5.41, 5.74) is 3.46. The Morgan fingerprint density at radius 2 is 2.16 bits per heavy atom. The van der Waals surface area contributed by atoms with E-state index in [1.165, 1.54) is 6.20 Å². The third kappa shape index (κ3) is 3.47. The van der Waals surface area contributed by atoms with Crippen molar-refractivity contribution in [2.45, 2.75) is 6.54 Å². The van der Waals surface area contributed by atoms with Crippen LogP contribution in [-0.4, -0.2) is 17.0 Å². The second kappa shape index (κ2) is 6.06. The van der Waals surface area contributed by atoms with E-state index in [1.54, 1.807) is 0 Å². The first kappa shape index (κ1) is 13.9. The van der Waals surface area contributed by atoms with Crippen LogP contribution in [0.15, 0.2) is 30.5 Å². The van der Waals surface area contributed by atoms with Gasteiger partial charge in [0.2, 0.25) is 5.95 Å². The minimum absolute atomic E-state index is 0.317. The highest BCUT2D eigenvalue weighted by Crippen LogP contribution is 2.24. The number of benzene rings is 1. The quantitative estimate of drug-likeness (QED) is 0.671. The number of nitrogens with one attached hydrogen (secondary N) is 1.